The molecule has 4 rings (SSSR count). The largest absolute Gasteiger partial charge is 0.478 e. The molecule has 3 heterocycles. The van der Waals surface area contributed by atoms with Crippen molar-refractivity contribution in [2.45, 2.75) is 32.7 Å². The first-order chi connectivity index (χ1) is 15.9. The molecule has 0 atom stereocenters. The monoisotopic (exact) mass is 458 g/mol. The number of carbonyl (C=O) groups is 3. The highest BCUT2D eigenvalue weighted by Gasteiger charge is 2.28. The second-order valence-electron chi connectivity index (χ2n) is 8.12. The van der Waals surface area contributed by atoms with Crippen molar-refractivity contribution in [3.8, 4) is 0 Å². The van der Waals surface area contributed by atoms with Crippen LogP contribution in [-0.2, 0) is 27.3 Å². The maximum Gasteiger partial charge on any atom is 0.409 e. The lowest BCUT2D eigenvalue weighted by atomic mass is 9.95. The number of rotatable bonds is 5. The molecule has 1 fully saturated rings. The summed E-state index contributed by atoms with van der Waals surface area (Å²) in [7, 11) is 0. The lowest BCUT2D eigenvalue weighted by Crippen LogP contribution is -2.42. The average molecular weight is 459 g/mol. The number of likely N-dealkylation sites (tertiary alicyclic amines) is 1. The summed E-state index contributed by atoms with van der Waals surface area (Å²) in [6.45, 7) is 7.02. The van der Waals surface area contributed by atoms with E-state index >= 15 is 0 Å². The van der Waals surface area contributed by atoms with Gasteiger partial charge in [-0.25, -0.2) is 14.4 Å². The van der Waals surface area contributed by atoms with Crippen molar-refractivity contribution in [2.24, 2.45) is 5.92 Å². The standard InChI is InChI=1S/C20H26N2O3.C4H4O4/c1-2-24-20(23)22-11-7-15(8-12-22)13-21-10-9-17-16-5-3-4-6-18(16)25-19(17)14-21;5-3(6)1-2-4(7)8/h3-6,15H,2,7-14H2,1H3;1-2H,(H,5,6)(H,7,8)/b;2-1+. The maximum absolute atomic E-state index is 11.8. The van der Waals surface area contributed by atoms with E-state index < -0.39 is 11.9 Å². The Labute approximate surface area is 192 Å². The van der Waals surface area contributed by atoms with Crippen molar-refractivity contribution < 1.29 is 33.8 Å². The summed E-state index contributed by atoms with van der Waals surface area (Å²) in [4.78, 5) is 35.3. The van der Waals surface area contributed by atoms with E-state index in [1.54, 1.807) is 0 Å². The molecular formula is C24H30N2O7. The Bertz CT molecular complexity index is 989. The summed E-state index contributed by atoms with van der Waals surface area (Å²) in [5.41, 5.74) is 2.40. The number of piperidine rings is 1. The number of para-hydroxylation sites is 1. The van der Waals surface area contributed by atoms with Gasteiger partial charge in [0.1, 0.15) is 11.3 Å². The summed E-state index contributed by atoms with van der Waals surface area (Å²) in [5.74, 6) is -0.729. The first-order valence-corrected chi connectivity index (χ1v) is 11.1. The highest BCUT2D eigenvalue weighted by molar-refractivity contribution is 5.89. The fourth-order valence-electron chi connectivity index (χ4n) is 4.28. The molecule has 33 heavy (non-hydrogen) atoms. The van der Waals surface area contributed by atoms with Crippen LogP contribution in [0.25, 0.3) is 11.0 Å². The van der Waals surface area contributed by atoms with Gasteiger partial charge < -0.3 is 24.3 Å². The van der Waals surface area contributed by atoms with Gasteiger partial charge in [-0.15, -0.1) is 0 Å². The Kier molecular flexibility index (Phi) is 8.48. The third-order valence-electron chi connectivity index (χ3n) is 5.85. The van der Waals surface area contributed by atoms with Gasteiger partial charge in [-0.05, 0) is 38.2 Å². The molecule has 0 saturated carbocycles. The molecule has 9 heteroatoms. The van der Waals surface area contributed by atoms with E-state index in [2.05, 4.69) is 23.1 Å². The fraction of sp³-hybridized carbons (Fsp3) is 0.458. The number of aliphatic carboxylic acids is 2. The maximum atomic E-state index is 11.8. The van der Waals surface area contributed by atoms with Crippen molar-refractivity contribution in [1.29, 1.82) is 0 Å². The Morgan fingerprint density at radius 1 is 1.09 bits per heavy atom. The van der Waals surface area contributed by atoms with Crippen LogP contribution >= 0.6 is 0 Å². The molecule has 2 aliphatic rings. The van der Waals surface area contributed by atoms with E-state index in [1.807, 2.05) is 17.9 Å². The molecule has 178 valence electrons. The molecule has 9 nitrogen and oxygen atoms in total. The zero-order chi connectivity index (χ0) is 23.8. The van der Waals surface area contributed by atoms with Gasteiger partial charge in [-0.1, -0.05) is 18.2 Å². The molecule has 0 radical (unpaired) electrons. The van der Waals surface area contributed by atoms with Gasteiger partial charge in [0, 0.05) is 49.3 Å². The van der Waals surface area contributed by atoms with Crippen LogP contribution in [0.4, 0.5) is 4.79 Å². The minimum Gasteiger partial charge on any atom is -0.478 e. The molecule has 1 saturated heterocycles. The van der Waals surface area contributed by atoms with Crippen LogP contribution in [0.3, 0.4) is 0 Å². The Balaban J connectivity index is 0.000000331. The van der Waals surface area contributed by atoms with Crippen molar-refractivity contribution in [3.63, 3.8) is 0 Å². The molecule has 2 aliphatic heterocycles. The van der Waals surface area contributed by atoms with Crippen LogP contribution in [0.5, 0.6) is 0 Å². The minimum atomic E-state index is -1.26. The normalized spacial score (nSPS) is 16.8. The van der Waals surface area contributed by atoms with Crippen LogP contribution in [0.15, 0.2) is 40.8 Å². The minimum absolute atomic E-state index is 0.161. The van der Waals surface area contributed by atoms with Gasteiger partial charge in [0.2, 0.25) is 0 Å². The zero-order valence-corrected chi connectivity index (χ0v) is 18.7. The van der Waals surface area contributed by atoms with Crippen molar-refractivity contribution in [1.82, 2.24) is 9.80 Å². The number of fused-ring (bicyclic) bond motifs is 3. The number of carboxylic acids is 2. The Hall–Kier alpha value is -3.33. The fourth-order valence-corrected chi connectivity index (χ4v) is 4.28. The van der Waals surface area contributed by atoms with Crippen molar-refractivity contribution >= 4 is 29.0 Å². The van der Waals surface area contributed by atoms with E-state index in [-0.39, 0.29) is 6.09 Å². The molecule has 0 bridgehead atoms. The summed E-state index contributed by atoms with van der Waals surface area (Å²) in [6, 6.07) is 8.34. The van der Waals surface area contributed by atoms with E-state index in [4.69, 9.17) is 19.4 Å². The van der Waals surface area contributed by atoms with Gasteiger partial charge >= 0.3 is 18.0 Å². The molecule has 1 amide bonds. The number of furan rings is 1. The highest BCUT2D eigenvalue weighted by atomic mass is 16.6. The average Bonchev–Trinajstić information content (AvgIpc) is 3.16. The molecule has 0 aliphatic carbocycles. The highest BCUT2D eigenvalue weighted by Crippen LogP contribution is 2.31. The van der Waals surface area contributed by atoms with Crippen molar-refractivity contribution in [2.75, 3.05) is 32.8 Å². The lowest BCUT2D eigenvalue weighted by molar-refractivity contribution is -0.134. The Morgan fingerprint density at radius 2 is 1.76 bits per heavy atom. The first-order valence-electron chi connectivity index (χ1n) is 11.1. The van der Waals surface area contributed by atoms with Crippen LogP contribution in [0.1, 0.15) is 31.1 Å². The second kappa shape index (κ2) is 11.5. The number of amides is 1. The van der Waals surface area contributed by atoms with Crippen LogP contribution in [0.2, 0.25) is 0 Å². The van der Waals surface area contributed by atoms with Crippen LogP contribution in [-0.4, -0.2) is 70.8 Å². The number of carboxylic acid groups (broad SMARTS) is 2. The van der Waals surface area contributed by atoms with Crippen LogP contribution in [0, 0.1) is 5.92 Å². The number of carbonyl (C=O) groups excluding carboxylic acids is 1. The molecule has 0 spiro atoms. The smallest absolute Gasteiger partial charge is 0.409 e. The quantitative estimate of drug-likeness (QED) is 0.655. The lowest BCUT2D eigenvalue weighted by Gasteiger charge is -2.35. The third kappa shape index (κ3) is 6.82. The van der Waals surface area contributed by atoms with E-state index in [1.165, 1.54) is 10.9 Å². The van der Waals surface area contributed by atoms with E-state index in [0.717, 1.165) is 63.3 Å². The molecule has 2 aromatic rings. The predicted molar refractivity (Wildman–Crippen MR) is 121 cm³/mol. The van der Waals surface area contributed by atoms with Gasteiger partial charge in [0.15, 0.2) is 0 Å². The molecule has 1 aromatic carbocycles. The molecule has 1 aromatic heterocycles. The van der Waals surface area contributed by atoms with E-state index in [0.29, 0.717) is 24.7 Å². The molecule has 0 unspecified atom stereocenters. The van der Waals surface area contributed by atoms with Gasteiger partial charge in [0.25, 0.3) is 0 Å². The Morgan fingerprint density at radius 3 is 2.39 bits per heavy atom. The second-order valence-corrected chi connectivity index (χ2v) is 8.12. The number of hydrogen-bond acceptors (Lipinski definition) is 6. The summed E-state index contributed by atoms with van der Waals surface area (Å²) in [5, 5.41) is 16.9. The predicted octanol–water partition coefficient (Wildman–Crippen LogP) is 3.37. The number of benzene rings is 1. The molecule has 2 N–H and O–H groups in total. The third-order valence-corrected chi connectivity index (χ3v) is 5.85. The zero-order valence-electron chi connectivity index (χ0n) is 18.7. The van der Waals surface area contributed by atoms with Crippen molar-refractivity contribution in [3.05, 3.63) is 47.7 Å². The summed E-state index contributed by atoms with van der Waals surface area (Å²) >= 11 is 0. The number of hydrogen-bond donors (Lipinski definition) is 2. The summed E-state index contributed by atoms with van der Waals surface area (Å²) in [6.07, 6.45) is 4.13. The summed E-state index contributed by atoms with van der Waals surface area (Å²) < 4.78 is 11.2. The number of ether oxygens (including phenoxy) is 1. The van der Waals surface area contributed by atoms with Gasteiger partial charge in [-0.3, -0.25) is 4.90 Å². The van der Waals surface area contributed by atoms with Crippen LogP contribution < -0.4 is 0 Å². The van der Waals surface area contributed by atoms with E-state index in [9.17, 15) is 14.4 Å². The van der Waals surface area contributed by atoms with Gasteiger partial charge in [0.05, 0.1) is 13.2 Å². The first kappa shape index (κ1) is 24.3. The molecular weight excluding hydrogens is 428 g/mol. The van der Waals surface area contributed by atoms with Gasteiger partial charge in [-0.2, -0.15) is 0 Å². The SMILES string of the molecule is CCOC(=O)N1CCC(CN2CCc3c(oc4ccccc34)C2)CC1.O=C(O)/C=C/C(=O)O. The topological polar surface area (TPSA) is 121 Å². The number of nitrogens with zero attached hydrogens (tertiary/aromatic N) is 2.